The number of rotatable bonds is 12. The first-order valence-corrected chi connectivity index (χ1v) is 25.5. The molecule has 0 atom stereocenters. The average Bonchev–Trinajstić information content (AvgIpc) is 3.16. The van der Waals surface area contributed by atoms with Crippen LogP contribution in [0.15, 0.2) is 122 Å². The predicted molar refractivity (Wildman–Crippen MR) is 318 cm³/mol. The Morgan fingerprint density at radius 3 is 0.756 bits per heavy atom. The molecule has 4 heterocycles. The Morgan fingerprint density at radius 2 is 0.605 bits per heavy atom. The molecule has 470 valence electrons. The zero-order valence-corrected chi connectivity index (χ0v) is 52.6. The van der Waals surface area contributed by atoms with Crippen molar-refractivity contribution >= 4 is 0 Å². The zero-order valence-electron chi connectivity index (χ0n) is 50.6. The molecule has 0 aliphatic rings. The molecule has 28 heteroatoms. The van der Waals surface area contributed by atoms with Crippen molar-refractivity contribution in [2.24, 2.45) is 0 Å². The van der Waals surface area contributed by atoms with Crippen LogP contribution in [-0.2, 0) is 93.9 Å². The van der Waals surface area contributed by atoms with Crippen molar-refractivity contribution in [2.75, 3.05) is 0 Å². The van der Waals surface area contributed by atoms with E-state index in [-0.39, 0.29) is 54.6 Å². The molecule has 0 aliphatic carbocycles. The Morgan fingerprint density at radius 1 is 0.407 bits per heavy atom. The van der Waals surface area contributed by atoms with Gasteiger partial charge in [-0.3, -0.25) is 29.7 Å². The van der Waals surface area contributed by atoms with Gasteiger partial charge in [-0.1, -0.05) is 132 Å². The summed E-state index contributed by atoms with van der Waals surface area (Å²) in [7, 11) is 0. The van der Waals surface area contributed by atoms with Gasteiger partial charge in [-0.05, 0) is 92.4 Å². The minimum absolute atomic E-state index is 0. The third-order valence-corrected chi connectivity index (χ3v) is 11.0. The predicted octanol–water partition coefficient (Wildman–Crippen LogP) is 12.1. The smallest absolute Gasteiger partial charge is 0.507 e. The number of aromatic nitrogens is 4. The third-order valence-electron chi connectivity index (χ3n) is 11.0. The van der Waals surface area contributed by atoms with E-state index in [4.69, 9.17) is 71.8 Å². The fraction of sp³-hybridized carbons (Fsp3) is 0.414. The van der Waals surface area contributed by atoms with Gasteiger partial charge in [0.15, 0.2) is 0 Å². The Bertz CT molecular complexity index is 2670. The number of hydrogen-bond acceptors (Lipinski definition) is 22. The quantitative estimate of drug-likeness (QED) is 0.0653. The number of benzene rings is 2. The molecule has 0 bridgehead atoms. The van der Waals surface area contributed by atoms with Crippen molar-refractivity contribution in [3.63, 3.8) is 0 Å². The van der Waals surface area contributed by atoms with E-state index in [0.29, 0.717) is 50.8 Å². The summed E-state index contributed by atoms with van der Waals surface area (Å²) in [5.41, 5.74) is 10.1. The van der Waals surface area contributed by atoms with Crippen LogP contribution >= 0.6 is 0 Å². The minimum Gasteiger partial charge on any atom is -0.507 e. The van der Waals surface area contributed by atoms with E-state index in [0.717, 1.165) is 45.0 Å². The van der Waals surface area contributed by atoms with Gasteiger partial charge in [0.2, 0.25) is 0 Å². The van der Waals surface area contributed by atoms with Crippen LogP contribution in [0.5, 0.6) is 11.5 Å². The van der Waals surface area contributed by atoms with Crippen molar-refractivity contribution in [1.82, 2.24) is 29.7 Å². The number of nitrogens with zero attached hydrogens (tertiary/aromatic N) is 12. The molecule has 6 rings (SSSR count). The summed E-state index contributed by atoms with van der Waals surface area (Å²) in [5.74, 6) is 0.792. The van der Waals surface area contributed by atoms with Gasteiger partial charge in [-0.25, -0.2) is 0 Å². The van der Waals surface area contributed by atoms with Crippen LogP contribution in [0.2, 0.25) is 0 Å². The van der Waals surface area contributed by atoms with Crippen LogP contribution < -0.4 is 0 Å². The van der Waals surface area contributed by atoms with Gasteiger partial charge >= 0.3 is 33.0 Å². The van der Waals surface area contributed by atoms with E-state index in [1.165, 1.54) is 25.0 Å². The normalized spacial score (nSPS) is 10.2. The molecule has 26 nitrogen and oxygen atoms in total. The molecule has 2 aromatic carbocycles. The maximum absolute atomic E-state index is 11.2. The van der Waals surface area contributed by atoms with Crippen molar-refractivity contribution in [1.29, 1.82) is 10.5 Å². The number of aromatic hydroxyl groups is 2. The van der Waals surface area contributed by atoms with Crippen molar-refractivity contribution in [3.8, 4) is 23.6 Å². The third kappa shape index (κ3) is 39.0. The van der Waals surface area contributed by atoms with E-state index in [2.05, 4.69) is 137 Å². The molecule has 4 aromatic heterocycles. The summed E-state index contributed by atoms with van der Waals surface area (Å²) >= 11 is 0. The van der Waals surface area contributed by atoms with Gasteiger partial charge in [0.05, 0.1) is 55.3 Å². The molecular formula is C58H76N12Ni2O14+2. The minimum atomic E-state index is -1.75. The summed E-state index contributed by atoms with van der Waals surface area (Å²) in [6, 6.07) is 36.1. The number of hydrogen-bond donors (Lipinski definition) is 2. The van der Waals surface area contributed by atoms with Crippen molar-refractivity contribution in [3.05, 3.63) is 239 Å². The molecule has 0 saturated carbocycles. The van der Waals surface area contributed by atoms with Gasteiger partial charge in [0.25, 0.3) is 0 Å². The second kappa shape index (κ2) is 42.2. The Kier molecular flexibility index (Phi) is 41.1. The van der Waals surface area contributed by atoms with Gasteiger partial charge in [-0.15, -0.1) is 0 Å². The molecule has 0 fully saturated rings. The summed E-state index contributed by atoms with van der Waals surface area (Å²) in [4.78, 5) is 55.6. The van der Waals surface area contributed by atoms with E-state index in [9.17, 15) is 10.2 Å². The van der Waals surface area contributed by atoms with Crippen LogP contribution in [0, 0.1) is 83.9 Å². The van der Waals surface area contributed by atoms with E-state index in [1.54, 1.807) is 12.1 Å². The average molecular weight is 1280 g/mol. The summed E-state index contributed by atoms with van der Waals surface area (Å²) in [5, 5.41) is 96.1. The number of phenols is 2. The van der Waals surface area contributed by atoms with E-state index < -0.39 is 20.3 Å². The zero-order chi connectivity index (χ0) is 65.0. The van der Waals surface area contributed by atoms with Gasteiger partial charge in [0.1, 0.15) is 11.5 Å². The maximum atomic E-state index is 11.2. The van der Waals surface area contributed by atoms with Crippen molar-refractivity contribution in [2.45, 2.75) is 158 Å². The first-order chi connectivity index (χ1) is 38.8. The summed E-state index contributed by atoms with van der Waals surface area (Å²) < 4.78 is 0. The Hall–Kier alpha value is -8.67. The molecule has 0 unspecified atom stereocenters. The molecule has 2 radical (unpaired) electrons. The Labute approximate surface area is 522 Å². The molecule has 0 aliphatic heterocycles. The van der Waals surface area contributed by atoms with Gasteiger partial charge in [0, 0.05) is 89.0 Å². The Balaban J connectivity index is -0.000000572. The van der Waals surface area contributed by atoms with E-state index in [1.807, 2.05) is 97.6 Å². The van der Waals surface area contributed by atoms with Gasteiger partial charge in [-0.2, -0.15) is 10.5 Å². The summed E-state index contributed by atoms with van der Waals surface area (Å²) in [6.07, 6.45) is 7.29. The molecule has 6 aromatic rings. The number of pyridine rings is 4. The molecule has 0 amide bonds. The molecular weight excluding hydrogens is 1210 g/mol. The fourth-order valence-corrected chi connectivity index (χ4v) is 7.34. The first kappa shape index (κ1) is 83.8. The topological polar surface area (TPSA) is 411 Å². The second-order valence-corrected chi connectivity index (χ2v) is 22.0. The standard InChI is InChI=1S/2C27H35N3O.2C2H3N.4NO3.2Ni/c2*1-26(2,3)21-15-20(25(31)24(16-21)27(4,5)6)17-30(18-22-11-7-9-13-28-22)19-23-12-8-10-14-29-23;2*1-2-3;4*2-1(3)4;;/h2*7-16,31H,17-19H2,1-6H3;2*1H3;;;;;;/q;;;;4*-1;2*+3. The number of nitriles is 2. The molecule has 86 heavy (non-hydrogen) atoms. The van der Waals surface area contributed by atoms with E-state index >= 15 is 0 Å². The monoisotopic (exact) mass is 1280 g/mol. The molecule has 2 N–H and O–H groups in total. The largest absolute Gasteiger partial charge is 3.00 e. The SMILES string of the molecule is CC#N.CC#N.CC(C)(C)c1cc(CN(Cc2ccccn2)Cc2ccccn2)c(O)c(C(C)(C)C)c1.CC(C)(C)c1cc(CN(Cc2ccccn2)Cc2ccccn2)c(O)c(C(C)(C)C)c1.O=[N+]([O-])[O-].O=[N+]([O-])[O-].O=[N+]([O-])[O-].O=[N+]([O-])[O-].[Ni+3].[Ni+3]. The van der Waals surface area contributed by atoms with Crippen LogP contribution in [0.4, 0.5) is 0 Å². The molecule has 0 spiro atoms. The maximum Gasteiger partial charge on any atom is 3.00 e. The first-order valence-electron chi connectivity index (χ1n) is 25.5. The second-order valence-electron chi connectivity index (χ2n) is 22.0. The number of phenolic OH excluding ortho intramolecular Hbond substituents is 2. The van der Waals surface area contributed by atoms with Crippen molar-refractivity contribution < 1.29 is 63.5 Å². The van der Waals surface area contributed by atoms with Gasteiger partial charge < -0.3 is 71.5 Å². The summed E-state index contributed by atoms with van der Waals surface area (Å²) in [6.45, 7) is 33.0. The molecule has 0 saturated heterocycles. The van der Waals surface area contributed by atoms with Crippen LogP contribution in [0.25, 0.3) is 0 Å². The van der Waals surface area contributed by atoms with Crippen LogP contribution in [0.3, 0.4) is 0 Å². The van der Waals surface area contributed by atoms with Crippen LogP contribution in [0.1, 0.15) is 153 Å². The van der Waals surface area contributed by atoms with Crippen LogP contribution in [-0.4, -0.2) is 60.3 Å². The fourth-order valence-electron chi connectivity index (χ4n) is 7.34.